The van der Waals surface area contributed by atoms with E-state index in [1.165, 1.54) is 45.9 Å². The van der Waals surface area contributed by atoms with Crippen molar-refractivity contribution in [2.45, 2.75) is 46.0 Å². The van der Waals surface area contributed by atoms with Gasteiger partial charge in [0.25, 0.3) is 0 Å². The van der Waals surface area contributed by atoms with Crippen LogP contribution in [-0.4, -0.2) is 75.7 Å². The van der Waals surface area contributed by atoms with E-state index in [0.717, 1.165) is 26.2 Å². The molecule has 0 aliphatic heterocycles. The molecule has 0 heterocycles. The molecule has 0 aromatic carbocycles. The van der Waals surface area contributed by atoms with Crippen molar-refractivity contribution in [2.24, 2.45) is 0 Å². The number of rotatable bonds is 15. The monoisotopic (exact) mass is 315 g/mol. The molecule has 0 unspecified atom stereocenters. The topological polar surface area (TPSA) is 44.8 Å². The first-order valence-electron chi connectivity index (χ1n) is 8.82. The molecule has 0 atom stereocenters. The van der Waals surface area contributed by atoms with Gasteiger partial charge in [0.15, 0.2) is 0 Å². The van der Waals surface area contributed by atoms with Gasteiger partial charge in [-0.25, -0.2) is 0 Å². The Morgan fingerprint density at radius 1 is 0.955 bits per heavy atom. The lowest BCUT2D eigenvalue weighted by Gasteiger charge is -2.25. The van der Waals surface area contributed by atoms with Gasteiger partial charge in [-0.05, 0) is 33.0 Å². The molecule has 0 amide bonds. The highest BCUT2D eigenvalue weighted by Gasteiger charge is 2.06. The van der Waals surface area contributed by atoms with Crippen molar-refractivity contribution in [3.05, 3.63) is 0 Å². The summed E-state index contributed by atoms with van der Waals surface area (Å²) >= 11 is 0. The van der Waals surface area contributed by atoms with Crippen LogP contribution in [0.2, 0.25) is 0 Å². The van der Waals surface area contributed by atoms with Gasteiger partial charge in [-0.2, -0.15) is 0 Å². The van der Waals surface area contributed by atoms with Crippen molar-refractivity contribution in [1.82, 2.24) is 15.1 Å². The molecule has 0 aromatic rings. The Kier molecular flexibility index (Phi) is 14.8. The molecule has 5 nitrogen and oxygen atoms in total. The molecular weight excluding hydrogens is 278 g/mol. The smallest absolute Gasteiger partial charge is 0.306 e. The van der Waals surface area contributed by atoms with Crippen LogP contribution in [-0.2, 0) is 9.53 Å². The lowest BCUT2D eigenvalue weighted by atomic mass is 10.2. The molecular formula is C17H37N3O2. The number of carbonyl (C=O) groups excluding carboxylic acids is 1. The molecule has 0 fully saturated rings. The third kappa shape index (κ3) is 13.0. The summed E-state index contributed by atoms with van der Waals surface area (Å²) in [5.74, 6) is -0.150. The van der Waals surface area contributed by atoms with Gasteiger partial charge in [0.05, 0.1) is 13.5 Å². The van der Waals surface area contributed by atoms with Gasteiger partial charge in [0, 0.05) is 32.7 Å². The third-order valence-electron chi connectivity index (χ3n) is 3.82. The zero-order chi connectivity index (χ0) is 16.6. The number of hydrogen-bond acceptors (Lipinski definition) is 5. The zero-order valence-electron chi connectivity index (χ0n) is 15.2. The second-order valence-corrected chi connectivity index (χ2v) is 5.93. The van der Waals surface area contributed by atoms with Gasteiger partial charge >= 0.3 is 5.97 Å². The van der Waals surface area contributed by atoms with Crippen LogP contribution in [0.1, 0.15) is 46.0 Å². The van der Waals surface area contributed by atoms with E-state index in [9.17, 15) is 4.79 Å². The fourth-order valence-corrected chi connectivity index (χ4v) is 2.35. The lowest BCUT2D eigenvalue weighted by Crippen LogP contribution is -2.37. The average Bonchev–Trinajstić information content (AvgIpc) is 2.52. The third-order valence-corrected chi connectivity index (χ3v) is 3.82. The van der Waals surface area contributed by atoms with E-state index < -0.39 is 0 Å². The molecule has 22 heavy (non-hydrogen) atoms. The van der Waals surface area contributed by atoms with E-state index in [1.807, 2.05) is 0 Å². The zero-order valence-corrected chi connectivity index (χ0v) is 15.2. The second kappa shape index (κ2) is 15.3. The first-order valence-corrected chi connectivity index (χ1v) is 8.82. The summed E-state index contributed by atoms with van der Waals surface area (Å²) in [6, 6.07) is 0. The maximum absolute atomic E-state index is 11.0. The van der Waals surface area contributed by atoms with E-state index in [0.29, 0.717) is 13.0 Å². The van der Waals surface area contributed by atoms with E-state index in [1.54, 1.807) is 0 Å². The number of unbranched alkanes of at least 4 members (excludes halogenated alkanes) is 2. The average molecular weight is 316 g/mol. The molecule has 0 saturated carbocycles. The molecule has 0 aliphatic carbocycles. The summed E-state index contributed by atoms with van der Waals surface area (Å²) in [5, 5.41) is 3.28. The van der Waals surface area contributed by atoms with Crippen molar-refractivity contribution in [1.29, 1.82) is 0 Å². The normalized spacial score (nSPS) is 11.4. The van der Waals surface area contributed by atoms with E-state index in [-0.39, 0.29) is 5.97 Å². The SMILES string of the molecule is CCCCCN(CCC)CCN(C)CCNCCC(=O)OC. The van der Waals surface area contributed by atoms with Crippen molar-refractivity contribution in [3.8, 4) is 0 Å². The van der Waals surface area contributed by atoms with Crippen LogP contribution >= 0.6 is 0 Å². The van der Waals surface area contributed by atoms with Crippen molar-refractivity contribution < 1.29 is 9.53 Å². The van der Waals surface area contributed by atoms with Gasteiger partial charge in [-0.1, -0.05) is 26.7 Å². The molecule has 0 saturated heterocycles. The molecule has 1 N–H and O–H groups in total. The molecule has 5 heteroatoms. The lowest BCUT2D eigenvalue weighted by molar-refractivity contribution is -0.140. The van der Waals surface area contributed by atoms with E-state index in [2.05, 4.69) is 40.7 Å². The van der Waals surface area contributed by atoms with Crippen LogP contribution in [0.5, 0.6) is 0 Å². The maximum atomic E-state index is 11.0. The predicted octanol–water partition coefficient (Wildman–Crippen LogP) is 1.97. The first-order chi connectivity index (χ1) is 10.6. The number of likely N-dealkylation sites (N-methyl/N-ethyl adjacent to an activating group) is 1. The number of ether oxygens (including phenoxy) is 1. The summed E-state index contributed by atoms with van der Waals surface area (Å²) < 4.78 is 4.61. The summed E-state index contributed by atoms with van der Waals surface area (Å²) in [6.45, 7) is 11.8. The van der Waals surface area contributed by atoms with Crippen LogP contribution in [0, 0.1) is 0 Å². The van der Waals surface area contributed by atoms with Crippen molar-refractivity contribution in [3.63, 3.8) is 0 Å². The van der Waals surface area contributed by atoms with Crippen molar-refractivity contribution >= 4 is 5.97 Å². The van der Waals surface area contributed by atoms with Crippen LogP contribution in [0.4, 0.5) is 0 Å². The second-order valence-electron chi connectivity index (χ2n) is 5.93. The Morgan fingerprint density at radius 2 is 1.73 bits per heavy atom. The van der Waals surface area contributed by atoms with Crippen LogP contribution in [0.15, 0.2) is 0 Å². The van der Waals surface area contributed by atoms with Gasteiger partial charge in [0.1, 0.15) is 0 Å². The molecule has 0 aromatic heterocycles. The van der Waals surface area contributed by atoms with Gasteiger partial charge in [0.2, 0.25) is 0 Å². The minimum absolute atomic E-state index is 0.150. The molecule has 0 radical (unpaired) electrons. The Labute approximate surface area is 137 Å². The summed E-state index contributed by atoms with van der Waals surface area (Å²) in [6.07, 6.45) is 5.61. The Balaban J connectivity index is 3.66. The van der Waals surface area contributed by atoms with Crippen LogP contribution in [0.3, 0.4) is 0 Å². The largest absolute Gasteiger partial charge is 0.469 e. The minimum atomic E-state index is -0.150. The summed E-state index contributed by atoms with van der Waals surface area (Å²) in [7, 11) is 3.59. The molecule has 0 rings (SSSR count). The van der Waals surface area contributed by atoms with Crippen LogP contribution in [0.25, 0.3) is 0 Å². The van der Waals surface area contributed by atoms with Gasteiger partial charge < -0.3 is 19.9 Å². The Hall–Kier alpha value is -0.650. The highest BCUT2D eigenvalue weighted by molar-refractivity contribution is 5.69. The van der Waals surface area contributed by atoms with Crippen LogP contribution < -0.4 is 5.32 Å². The standard InChI is InChI=1S/C17H37N3O2/c1-5-7-8-13-20(12-6-2)16-15-19(3)14-11-18-10-9-17(21)22-4/h18H,5-16H2,1-4H3. The minimum Gasteiger partial charge on any atom is -0.469 e. The number of nitrogens with one attached hydrogen (secondary N) is 1. The highest BCUT2D eigenvalue weighted by Crippen LogP contribution is 2.00. The Bertz CT molecular complexity index is 262. The number of carbonyl (C=O) groups is 1. The van der Waals surface area contributed by atoms with E-state index >= 15 is 0 Å². The Morgan fingerprint density at radius 3 is 2.36 bits per heavy atom. The number of hydrogen-bond donors (Lipinski definition) is 1. The quantitative estimate of drug-likeness (QED) is 0.370. The van der Waals surface area contributed by atoms with Gasteiger partial charge in [-0.15, -0.1) is 0 Å². The molecule has 0 bridgehead atoms. The molecule has 0 spiro atoms. The fourth-order valence-electron chi connectivity index (χ4n) is 2.35. The van der Waals surface area contributed by atoms with E-state index in [4.69, 9.17) is 0 Å². The highest BCUT2D eigenvalue weighted by atomic mass is 16.5. The van der Waals surface area contributed by atoms with Gasteiger partial charge in [-0.3, -0.25) is 4.79 Å². The number of methoxy groups -OCH3 is 1. The summed E-state index contributed by atoms with van der Waals surface area (Å²) in [4.78, 5) is 15.9. The first kappa shape index (κ1) is 21.4. The maximum Gasteiger partial charge on any atom is 0.306 e. The predicted molar refractivity (Wildman–Crippen MR) is 93.3 cm³/mol. The number of esters is 1. The number of nitrogens with zero attached hydrogens (tertiary/aromatic N) is 2. The molecule has 132 valence electrons. The summed E-state index contributed by atoms with van der Waals surface area (Å²) in [5.41, 5.74) is 0. The molecule has 0 aliphatic rings. The van der Waals surface area contributed by atoms with Crippen molar-refractivity contribution in [2.75, 3.05) is 60.0 Å². The fraction of sp³-hybridized carbons (Fsp3) is 0.941.